The van der Waals surface area contributed by atoms with E-state index < -0.39 is 0 Å². The van der Waals surface area contributed by atoms with Crippen LogP contribution in [0.2, 0.25) is 0 Å². The van der Waals surface area contributed by atoms with Gasteiger partial charge in [0.15, 0.2) is 0 Å². The summed E-state index contributed by atoms with van der Waals surface area (Å²) in [5, 5.41) is 0. The van der Waals surface area contributed by atoms with Crippen LogP contribution >= 0.6 is 15.9 Å². The second-order valence-corrected chi connectivity index (χ2v) is 6.95. The molecule has 2 N–H and O–H groups in total. The molecule has 1 aromatic carbocycles. The Hall–Kier alpha value is -0.580. The van der Waals surface area contributed by atoms with Crippen LogP contribution in [0.15, 0.2) is 16.6 Å². The Morgan fingerprint density at radius 1 is 1.42 bits per heavy atom. The van der Waals surface area contributed by atoms with Gasteiger partial charge in [-0.2, -0.15) is 0 Å². The molecule has 3 nitrogen and oxygen atoms in total. The van der Waals surface area contributed by atoms with Gasteiger partial charge in [-0.15, -0.1) is 0 Å². The fraction of sp³-hybridized carbons (Fsp3) is 0.600. The normalized spacial score (nSPS) is 16.1. The van der Waals surface area contributed by atoms with Gasteiger partial charge in [-0.25, -0.2) is 0 Å². The molecular formula is C15H22BrNO2. The third kappa shape index (κ3) is 4.20. The maximum Gasteiger partial charge on any atom is 0.125 e. The van der Waals surface area contributed by atoms with E-state index >= 15 is 0 Å². The van der Waals surface area contributed by atoms with Crippen LogP contribution in [0.3, 0.4) is 0 Å². The lowest BCUT2D eigenvalue weighted by molar-refractivity contribution is -0.00987. The number of hydrogen-bond donors (Lipinski definition) is 1. The molecule has 106 valence electrons. The molecule has 0 saturated carbocycles. The molecule has 0 radical (unpaired) electrons. The molecule has 1 aliphatic heterocycles. The van der Waals surface area contributed by atoms with Crippen molar-refractivity contribution < 1.29 is 9.47 Å². The molecule has 1 aromatic rings. The van der Waals surface area contributed by atoms with E-state index in [1.54, 1.807) is 0 Å². The van der Waals surface area contributed by atoms with Crippen LogP contribution < -0.4 is 10.5 Å². The molecule has 2 rings (SSSR count). The highest BCUT2D eigenvalue weighted by Gasteiger charge is 2.20. The molecule has 0 spiro atoms. The summed E-state index contributed by atoms with van der Waals surface area (Å²) in [7, 11) is 0. The monoisotopic (exact) mass is 327 g/mol. The maximum absolute atomic E-state index is 6.16. The summed E-state index contributed by atoms with van der Waals surface area (Å²) >= 11 is 3.55. The number of fused-ring (bicyclic) bond motifs is 1. The van der Waals surface area contributed by atoms with Gasteiger partial charge < -0.3 is 15.2 Å². The van der Waals surface area contributed by atoms with Crippen LogP contribution in [-0.4, -0.2) is 24.9 Å². The highest BCUT2D eigenvalue weighted by molar-refractivity contribution is 9.10. The third-order valence-corrected chi connectivity index (χ3v) is 3.50. The molecule has 19 heavy (non-hydrogen) atoms. The summed E-state index contributed by atoms with van der Waals surface area (Å²) < 4.78 is 12.5. The third-order valence-electron chi connectivity index (χ3n) is 3.04. The Morgan fingerprint density at radius 3 is 2.84 bits per heavy atom. The summed E-state index contributed by atoms with van der Waals surface area (Å²) in [6, 6.07) is 4.21. The SMILES string of the molecule is CC(C)(C)OCC(N)Cc1cc(Br)cc2c1OCC2. The minimum absolute atomic E-state index is 0.0122. The van der Waals surface area contributed by atoms with Crippen LogP contribution in [0.1, 0.15) is 31.9 Å². The first-order valence-electron chi connectivity index (χ1n) is 6.69. The standard InChI is InChI=1S/C15H22BrNO2/c1-15(2,3)19-9-13(17)8-11-7-12(16)6-10-4-5-18-14(10)11/h6-7,13H,4-5,8-9,17H2,1-3H3. The predicted octanol–water partition coefficient (Wildman–Crippen LogP) is 3.07. The van der Waals surface area contributed by atoms with Crippen molar-refractivity contribution in [1.29, 1.82) is 0 Å². The zero-order valence-corrected chi connectivity index (χ0v) is 13.4. The molecule has 0 fully saturated rings. The maximum atomic E-state index is 6.16. The van der Waals surface area contributed by atoms with E-state index in [4.69, 9.17) is 15.2 Å². The van der Waals surface area contributed by atoms with Gasteiger partial charge >= 0.3 is 0 Å². The topological polar surface area (TPSA) is 44.5 Å². The molecule has 0 aromatic heterocycles. The largest absolute Gasteiger partial charge is 0.493 e. The minimum Gasteiger partial charge on any atom is -0.493 e. The van der Waals surface area contributed by atoms with Crippen LogP contribution in [0.4, 0.5) is 0 Å². The van der Waals surface area contributed by atoms with E-state index in [-0.39, 0.29) is 11.6 Å². The van der Waals surface area contributed by atoms with E-state index in [1.807, 2.05) is 20.8 Å². The molecule has 0 amide bonds. The van der Waals surface area contributed by atoms with Gasteiger partial charge in [0.1, 0.15) is 5.75 Å². The summed E-state index contributed by atoms with van der Waals surface area (Å²) in [5.41, 5.74) is 8.46. The van der Waals surface area contributed by atoms with E-state index in [0.717, 1.165) is 29.7 Å². The summed E-state index contributed by atoms with van der Waals surface area (Å²) in [4.78, 5) is 0. The number of nitrogens with two attached hydrogens (primary N) is 1. The highest BCUT2D eigenvalue weighted by Crippen LogP contribution is 2.33. The molecule has 1 heterocycles. The summed E-state index contributed by atoms with van der Waals surface area (Å²) in [6.45, 7) is 7.45. The van der Waals surface area contributed by atoms with Gasteiger partial charge in [0.05, 0.1) is 18.8 Å². The average Bonchev–Trinajstić information content (AvgIpc) is 2.73. The van der Waals surface area contributed by atoms with Gasteiger partial charge in [0.25, 0.3) is 0 Å². The Balaban J connectivity index is 2.03. The number of ether oxygens (including phenoxy) is 2. The Morgan fingerprint density at radius 2 is 2.16 bits per heavy atom. The zero-order chi connectivity index (χ0) is 14.0. The molecule has 1 aliphatic rings. The Labute approximate surface area is 123 Å². The first kappa shape index (κ1) is 14.8. The van der Waals surface area contributed by atoms with E-state index in [1.165, 1.54) is 11.1 Å². The lowest BCUT2D eigenvalue weighted by Gasteiger charge is -2.23. The highest BCUT2D eigenvalue weighted by atomic mass is 79.9. The number of hydrogen-bond acceptors (Lipinski definition) is 3. The lowest BCUT2D eigenvalue weighted by atomic mass is 10.0. The van der Waals surface area contributed by atoms with Crippen LogP contribution in [-0.2, 0) is 17.6 Å². The van der Waals surface area contributed by atoms with Crippen molar-refractivity contribution in [2.75, 3.05) is 13.2 Å². The van der Waals surface area contributed by atoms with Crippen molar-refractivity contribution >= 4 is 15.9 Å². The van der Waals surface area contributed by atoms with Gasteiger partial charge in [0.2, 0.25) is 0 Å². The molecule has 1 atom stereocenters. The first-order chi connectivity index (χ1) is 8.85. The molecular weight excluding hydrogens is 306 g/mol. The lowest BCUT2D eigenvalue weighted by Crippen LogP contribution is -2.33. The van der Waals surface area contributed by atoms with Crippen molar-refractivity contribution in [3.63, 3.8) is 0 Å². The smallest absolute Gasteiger partial charge is 0.125 e. The Bertz CT molecular complexity index is 454. The van der Waals surface area contributed by atoms with E-state index in [9.17, 15) is 0 Å². The summed E-state index contributed by atoms with van der Waals surface area (Å²) in [6.07, 6.45) is 1.76. The van der Waals surface area contributed by atoms with Gasteiger partial charge in [-0.1, -0.05) is 15.9 Å². The fourth-order valence-corrected chi connectivity index (χ4v) is 2.75. The Kier molecular flexibility index (Phi) is 4.54. The average molecular weight is 328 g/mol. The summed E-state index contributed by atoms with van der Waals surface area (Å²) in [5.74, 6) is 1.02. The van der Waals surface area contributed by atoms with Crippen LogP contribution in [0.5, 0.6) is 5.75 Å². The molecule has 0 bridgehead atoms. The van der Waals surface area contributed by atoms with Gasteiger partial charge in [-0.3, -0.25) is 0 Å². The molecule has 1 unspecified atom stereocenters. The van der Waals surface area contributed by atoms with Crippen molar-refractivity contribution in [3.8, 4) is 5.75 Å². The quantitative estimate of drug-likeness (QED) is 0.924. The zero-order valence-electron chi connectivity index (χ0n) is 11.8. The fourth-order valence-electron chi connectivity index (χ4n) is 2.20. The van der Waals surface area contributed by atoms with Crippen molar-refractivity contribution in [2.24, 2.45) is 5.73 Å². The molecule has 0 aliphatic carbocycles. The van der Waals surface area contributed by atoms with Crippen molar-refractivity contribution in [3.05, 3.63) is 27.7 Å². The number of halogens is 1. The second kappa shape index (κ2) is 5.81. The first-order valence-corrected chi connectivity index (χ1v) is 7.48. The minimum atomic E-state index is -0.145. The predicted molar refractivity (Wildman–Crippen MR) is 80.7 cm³/mol. The van der Waals surface area contributed by atoms with Gasteiger partial charge in [-0.05, 0) is 50.5 Å². The molecule has 0 saturated heterocycles. The van der Waals surface area contributed by atoms with Gasteiger partial charge in [0, 0.05) is 16.9 Å². The van der Waals surface area contributed by atoms with Crippen LogP contribution in [0.25, 0.3) is 0 Å². The number of benzene rings is 1. The molecule has 4 heteroatoms. The van der Waals surface area contributed by atoms with E-state index in [2.05, 4.69) is 28.1 Å². The number of rotatable bonds is 4. The van der Waals surface area contributed by atoms with Crippen molar-refractivity contribution in [1.82, 2.24) is 0 Å². The van der Waals surface area contributed by atoms with Crippen LogP contribution in [0, 0.1) is 0 Å². The van der Waals surface area contributed by atoms with E-state index in [0.29, 0.717) is 6.61 Å². The van der Waals surface area contributed by atoms with Crippen molar-refractivity contribution in [2.45, 2.75) is 45.3 Å². The second-order valence-electron chi connectivity index (χ2n) is 6.04.